The highest BCUT2D eigenvalue weighted by Gasteiger charge is 2.18. The first-order chi connectivity index (χ1) is 15.7. The SMILES string of the molecule is O=C(NCCc1c[nH]c2ccccc12)c1nc2ccccc2c(=O)n1Nc1ccccc1. The van der Waals surface area contributed by atoms with E-state index in [1.807, 2.05) is 54.7 Å². The molecule has 3 N–H and O–H groups in total. The van der Waals surface area contributed by atoms with Gasteiger partial charge in [-0.05, 0) is 42.3 Å². The van der Waals surface area contributed by atoms with Gasteiger partial charge in [0.2, 0.25) is 5.82 Å². The van der Waals surface area contributed by atoms with Gasteiger partial charge in [0.1, 0.15) is 0 Å². The van der Waals surface area contributed by atoms with Gasteiger partial charge in [-0.15, -0.1) is 0 Å². The van der Waals surface area contributed by atoms with Gasteiger partial charge in [0.05, 0.1) is 16.6 Å². The summed E-state index contributed by atoms with van der Waals surface area (Å²) in [5, 5.41) is 4.47. The van der Waals surface area contributed by atoms with Crippen LogP contribution in [0, 0.1) is 0 Å². The zero-order valence-corrected chi connectivity index (χ0v) is 17.2. The quantitative estimate of drug-likeness (QED) is 0.388. The molecule has 32 heavy (non-hydrogen) atoms. The summed E-state index contributed by atoms with van der Waals surface area (Å²) in [7, 11) is 0. The van der Waals surface area contributed by atoms with Gasteiger partial charge in [0.25, 0.3) is 11.5 Å². The topological polar surface area (TPSA) is 91.8 Å². The summed E-state index contributed by atoms with van der Waals surface area (Å²) in [4.78, 5) is 33.9. The lowest BCUT2D eigenvalue weighted by Gasteiger charge is -2.15. The Morgan fingerprint density at radius 2 is 1.62 bits per heavy atom. The van der Waals surface area contributed by atoms with Crippen molar-refractivity contribution in [2.24, 2.45) is 0 Å². The fraction of sp³-hybridized carbons (Fsp3) is 0.0800. The number of amides is 1. The number of rotatable bonds is 6. The normalized spacial score (nSPS) is 11.0. The number of anilines is 1. The Morgan fingerprint density at radius 3 is 2.47 bits per heavy atom. The summed E-state index contributed by atoms with van der Waals surface area (Å²) in [5.41, 5.74) is 6.02. The first-order valence-electron chi connectivity index (χ1n) is 10.4. The number of nitrogens with zero attached hydrogens (tertiary/aromatic N) is 2. The van der Waals surface area contributed by atoms with Crippen LogP contribution in [0.3, 0.4) is 0 Å². The minimum absolute atomic E-state index is 0.0106. The Balaban J connectivity index is 1.43. The molecule has 0 aliphatic rings. The van der Waals surface area contributed by atoms with E-state index in [1.54, 1.807) is 24.3 Å². The van der Waals surface area contributed by atoms with Crippen molar-refractivity contribution in [2.45, 2.75) is 6.42 Å². The standard InChI is InChI=1S/C25H21N5O2/c31-24(26-15-14-17-16-27-21-12-6-4-10-19(17)21)23-28-22-13-7-5-11-20(22)25(32)30(23)29-18-8-2-1-3-9-18/h1-13,16,27,29H,14-15H2,(H,26,31). The highest BCUT2D eigenvalue weighted by atomic mass is 16.2. The molecule has 0 unspecified atom stereocenters. The molecule has 3 aromatic carbocycles. The molecule has 0 saturated heterocycles. The highest BCUT2D eigenvalue weighted by Crippen LogP contribution is 2.18. The maximum atomic E-state index is 13.1. The third-order valence-corrected chi connectivity index (χ3v) is 5.35. The molecule has 5 rings (SSSR count). The van der Waals surface area contributed by atoms with E-state index in [0.717, 1.165) is 16.5 Å². The van der Waals surface area contributed by atoms with Gasteiger partial charge >= 0.3 is 0 Å². The fourth-order valence-electron chi connectivity index (χ4n) is 3.76. The molecule has 5 aromatic rings. The van der Waals surface area contributed by atoms with Crippen LogP contribution in [0.25, 0.3) is 21.8 Å². The molecule has 0 spiro atoms. The second-order valence-corrected chi connectivity index (χ2v) is 7.44. The summed E-state index contributed by atoms with van der Waals surface area (Å²) >= 11 is 0. The predicted octanol–water partition coefficient (Wildman–Crippen LogP) is 3.73. The molecular weight excluding hydrogens is 402 g/mol. The average molecular weight is 423 g/mol. The molecule has 2 aromatic heterocycles. The number of nitrogens with one attached hydrogen (secondary N) is 3. The number of benzene rings is 3. The number of aromatic amines is 1. The lowest BCUT2D eigenvalue weighted by atomic mass is 10.1. The van der Waals surface area contributed by atoms with E-state index in [9.17, 15) is 9.59 Å². The number of para-hydroxylation sites is 3. The number of H-pyrrole nitrogens is 1. The molecule has 1 amide bonds. The van der Waals surface area contributed by atoms with Crippen molar-refractivity contribution >= 4 is 33.4 Å². The lowest BCUT2D eigenvalue weighted by Crippen LogP contribution is -2.37. The number of carbonyl (C=O) groups excluding carboxylic acids is 1. The Hall–Kier alpha value is -4.39. The van der Waals surface area contributed by atoms with E-state index in [-0.39, 0.29) is 11.4 Å². The van der Waals surface area contributed by atoms with Gasteiger partial charge in [0.15, 0.2) is 0 Å². The Labute approximate surface area is 183 Å². The maximum Gasteiger partial charge on any atom is 0.289 e. The molecule has 0 atom stereocenters. The summed E-state index contributed by atoms with van der Waals surface area (Å²) in [6.07, 6.45) is 2.61. The lowest BCUT2D eigenvalue weighted by molar-refractivity contribution is 0.0940. The number of hydrogen-bond donors (Lipinski definition) is 3. The van der Waals surface area contributed by atoms with Crippen molar-refractivity contribution in [1.82, 2.24) is 20.0 Å². The number of fused-ring (bicyclic) bond motifs is 2. The van der Waals surface area contributed by atoms with Crippen LogP contribution in [0.5, 0.6) is 0 Å². The number of aromatic nitrogens is 3. The number of carbonyl (C=O) groups is 1. The smallest absolute Gasteiger partial charge is 0.289 e. The van der Waals surface area contributed by atoms with Crippen LogP contribution in [-0.4, -0.2) is 27.1 Å². The minimum Gasteiger partial charge on any atom is -0.361 e. The van der Waals surface area contributed by atoms with Gasteiger partial charge in [-0.2, -0.15) is 4.68 Å². The van der Waals surface area contributed by atoms with Crippen molar-refractivity contribution < 1.29 is 4.79 Å². The van der Waals surface area contributed by atoms with E-state index in [1.165, 1.54) is 4.68 Å². The van der Waals surface area contributed by atoms with Crippen molar-refractivity contribution in [1.29, 1.82) is 0 Å². The second-order valence-electron chi connectivity index (χ2n) is 7.44. The summed E-state index contributed by atoms with van der Waals surface area (Å²) in [5.74, 6) is -0.410. The molecule has 0 saturated carbocycles. The van der Waals surface area contributed by atoms with E-state index >= 15 is 0 Å². The van der Waals surface area contributed by atoms with Gasteiger partial charge in [-0.1, -0.05) is 48.5 Å². The van der Waals surface area contributed by atoms with Crippen LogP contribution in [0.1, 0.15) is 16.2 Å². The average Bonchev–Trinajstić information content (AvgIpc) is 3.24. The fourth-order valence-corrected chi connectivity index (χ4v) is 3.76. The van der Waals surface area contributed by atoms with E-state index in [0.29, 0.717) is 29.6 Å². The maximum absolute atomic E-state index is 13.1. The number of hydrogen-bond acceptors (Lipinski definition) is 4. The van der Waals surface area contributed by atoms with E-state index in [4.69, 9.17) is 0 Å². The van der Waals surface area contributed by atoms with Gasteiger partial charge in [-0.3, -0.25) is 15.0 Å². The Morgan fingerprint density at radius 1 is 0.906 bits per heavy atom. The van der Waals surface area contributed by atoms with E-state index in [2.05, 4.69) is 26.8 Å². The van der Waals surface area contributed by atoms with Crippen LogP contribution < -0.4 is 16.3 Å². The monoisotopic (exact) mass is 423 g/mol. The van der Waals surface area contributed by atoms with Crippen molar-refractivity contribution in [3.63, 3.8) is 0 Å². The van der Waals surface area contributed by atoms with Crippen molar-refractivity contribution in [3.05, 3.63) is 107 Å². The third kappa shape index (κ3) is 3.72. The summed E-state index contributed by atoms with van der Waals surface area (Å²) in [6, 6.07) is 24.3. The van der Waals surface area contributed by atoms with E-state index < -0.39 is 5.91 Å². The Kier molecular flexibility index (Phi) is 5.13. The molecule has 0 radical (unpaired) electrons. The summed E-state index contributed by atoms with van der Waals surface area (Å²) < 4.78 is 1.21. The van der Waals surface area contributed by atoms with Crippen LogP contribution in [0.2, 0.25) is 0 Å². The predicted molar refractivity (Wildman–Crippen MR) is 126 cm³/mol. The van der Waals surface area contributed by atoms with Crippen LogP contribution >= 0.6 is 0 Å². The zero-order chi connectivity index (χ0) is 21.9. The molecule has 0 aliphatic carbocycles. The molecule has 0 bridgehead atoms. The Bertz CT molecular complexity index is 1470. The molecule has 0 aliphatic heterocycles. The molecule has 7 nitrogen and oxygen atoms in total. The minimum atomic E-state index is -0.420. The molecule has 2 heterocycles. The first kappa shape index (κ1) is 19.6. The van der Waals surface area contributed by atoms with Crippen molar-refractivity contribution in [3.8, 4) is 0 Å². The largest absolute Gasteiger partial charge is 0.361 e. The third-order valence-electron chi connectivity index (χ3n) is 5.35. The van der Waals surface area contributed by atoms with Crippen LogP contribution in [0.15, 0.2) is 89.9 Å². The van der Waals surface area contributed by atoms with Crippen molar-refractivity contribution in [2.75, 3.05) is 12.0 Å². The van der Waals surface area contributed by atoms with Gasteiger partial charge < -0.3 is 10.3 Å². The second kappa shape index (κ2) is 8.39. The first-order valence-corrected chi connectivity index (χ1v) is 10.4. The summed E-state index contributed by atoms with van der Waals surface area (Å²) in [6.45, 7) is 0.411. The van der Waals surface area contributed by atoms with Gasteiger partial charge in [0, 0.05) is 23.6 Å². The van der Waals surface area contributed by atoms with Crippen LogP contribution in [-0.2, 0) is 6.42 Å². The van der Waals surface area contributed by atoms with Crippen LogP contribution in [0.4, 0.5) is 5.69 Å². The molecular formula is C25H21N5O2. The van der Waals surface area contributed by atoms with Gasteiger partial charge in [-0.25, -0.2) is 4.98 Å². The molecule has 7 heteroatoms. The highest BCUT2D eigenvalue weighted by molar-refractivity contribution is 5.93. The molecule has 158 valence electrons. The molecule has 0 fully saturated rings. The zero-order valence-electron chi connectivity index (χ0n) is 17.2.